The van der Waals surface area contributed by atoms with Crippen LogP contribution in [0.4, 0.5) is 0 Å². The van der Waals surface area contributed by atoms with Crippen LogP contribution in [0, 0.1) is 0 Å². The summed E-state index contributed by atoms with van der Waals surface area (Å²) in [6.45, 7) is 2.03. The highest BCUT2D eigenvalue weighted by atomic mass is 127. The second-order valence-corrected chi connectivity index (χ2v) is 6.23. The van der Waals surface area contributed by atoms with Crippen molar-refractivity contribution < 1.29 is 0 Å². The second kappa shape index (κ2) is 8.15. The van der Waals surface area contributed by atoms with E-state index in [9.17, 15) is 0 Å². The summed E-state index contributed by atoms with van der Waals surface area (Å²) in [5.74, 6) is 0. The summed E-state index contributed by atoms with van der Waals surface area (Å²) in [7, 11) is 0. The third-order valence-corrected chi connectivity index (χ3v) is 4.42. The van der Waals surface area contributed by atoms with Crippen LogP contribution in [0.5, 0.6) is 0 Å². The van der Waals surface area contributed by atoms with Crippen molar-refractivity contribution in [1.29, 1.82) is 0 Å². The number of aromatic nitrogens is 2. The first-order valence-corrected chi connectivity index (χ1v) is 8.73. The molecule has 1 aliphatic carbocycles. The molecule has 1 N–H and O–H groups in total. The number of nitrogens with one attached hydrogen (secondary N) is 1. The van der Waals surface area contributed by atoms with Gasteiger partial charge in [0.15, 0.2) is 0 Å². The van der Waals surface area contributed by atoms with Gasteiger partial charge >= 0.3 is 0 Å². The van der Waals surface area contributed by atoms with Crippen molar-refractivity contribution in [2.45, 2.75) is 57.5 Å². The van der Waals surface area contributed by atoms with Gasteiger partial charge in [-0.15, -0.1) is 0 Å². The minimum Gasteiger partial charge on any atom is -0.311 e. The molecule has 102 valence electrons. The first-order valence-electron chi connectivity index (χ1n) is 7.21. The highest BCUT2D eigenvalue weighted by Gasteiger charge is 2.15. The average Bonchev–Trinajstić information content (AvgIpc) is 2.88. The predicted molar refractivity (Wildman–Crippen MR) is 84.2 cm³/mol. The normalized spacial score (nSPS) is 17.2. The number of hydrogen-bond donors (Lipinski definition) is 1. The van der Waals surface area contributed by atoms with Gasteiger partial charge < -0.3 is 5.32 Å². The molecular weight excluding hydrogens is 337 g/mol. The average molecular weight is 361 g/mol. The van der Waals surface area contributed by atoms with E-state index in [2.05, 4.69) is 44.9 Å². The van der Waals surface area contributed by atoms with E-state index in [1.165, 1.54) is 55.1 Å². The quantitative estimate of drug-likeness (QED) is 0.456. The third-order valence-electron chi connectivity index (χ3n) is 3.66. The summed E-state index contributed by atoms with van der Waals surface area (Å²) in [5.41, 5.74) is 1.19. The van der Waals surface area contributed by atoms with Gasteiger partial charge in [-0.05, 0) is 42.7 Å². The van der Waals surface area contributed by atoms with E-state index in [-0.39, 0.29) is 0 Å². The van der Waals surface area contributed by atoms with Crippen LogP contribution in [0.2, 0.25) is 0 Å². The van der Waals surface area contributed by atoms with Crippen molar-refractivity contribution in [1.82, 2.24) is 15.1 Å². The zero-order valence-corrected chi connectivity index (χ0v) is 13.2. The molecule has 0 radical (unpaired) electrons. The van der Waals surface area contributed by atoms with E-state index in [1.807, 2.05) is 0 Å². The fraction of sp³-hybridized carbons (Fsp3) is 0.786. The lowest BCUT2D eigenvalue weighted by Gasteiger charge is -2.21. The molecule has 0 aliphatic heterocycles. The molecule has 0 unspecified atom stereocenters. The summed E-state index contributed by atoms with van der Waals surface area (Å²) < 4.78 is 3.46. The fourth-order valence-corrected chi connectivity index (χ4v) is 3.12. The van der Waals surface area contributed by atoms with Gasteiger partial charge in [-0.3, -0.25) is 4.68 Å². The van der Waals surface area contributed by atoms with Crippen molar-refractivity contribution >= 4 is 22.6 Å². The molecule has 1 aliphatic rings. The summed E-state index contributed by atoms with van der Waals surface area (Å²) >= 11 is 2.44. The van der Waals surface area contributed by atoms with E-state index in [1.54, 1.807) is 0 Å². The van der Waals surface area contributed by atoms with E-state index in [4.69, 9.17) is 5.10 Å². The Morgan fingerprint density at radius 1 is 1.28 bits per heavy atom. The number of nitrogens with zero attached hydrogens (tertiary/aromatic N) is 2. The Morgan fingerprint density at radius 2 is 2.11 bits per heavy atom. The SMILES string of the molecule is ICCCCNCc1ccn(C2CCCCC2)n1. The van der Waals surface area contributed by atoms with Crippen molar-refractivity contribution in [2.75, 3.05) is 11.0 Å². The molecule has 0 aromatic carbocycles. The van der Waals surface area contributed by atoms with Crippen molar-refractivity contribution in [3.05, 3.63) is 18.0 Å². The Labute approximate surface area is 124 Å². The van der Waals surface area contributed by atoms with Crippen LogP contribution in [0.25, 0.3) is 0 Å². The van der Waals surface area contributed by atoms with Crippen molar-refractivity contribution in [3.8, 4) is 0 Å². The van der Waals surface area contributed by atoms with Gasteiger partial charge in [0.2, 0.25) is 0 Å². The van der Waals surface area contributed by atoms with Gasteiger partial charge in [-0.2, -0.15) is 5.10 Å². The first-order chi connectivity index (χ1) is 8.90. The molecule has 3 nitrogen and oxygen atoms in total. The molecule has 2 rings (SSSR count). The molecule has 18 heavy (non-hydrogen) atoms. The van der Waals surface area contributed by atoms with Crippen LogP contribution >= 0.6 is 22.6 Å². The third kappa shape index (κ3) is 4.53. The van der Waals surface area contributed by atoms with Gasteiger partial charge in [0.1, 0.15) is 0 Å². The van der Waals surface area contributed by atoms with Crippen LogP contribution < -0.4 is 5.32 Å². The summed E-state index contributed by atoms with van der Waals surface area (Å²) in [5, 5.41) is 8.18. The Hall–Kier alpha value is -0.100. The molecule has 1 aromatic heterocycles. The van der Waals surface area contributed by atoms with Crippen molar-refractivity contribution in [3.63, 3.8) is 0 Å². The maximum absolute atomic E-state index is 4.70. The van der Waals surface area contributed by atoms with Gasteiger partial charge in [0, 0.05) is 12.7 Å². The molecule has 0 atom stereocenters. The maximum atomic E-state index is 4.70. The Balaban J connectivity index is 1.72. The summed E-state index contributed by atoms with van der Waals surface area (Å²) in [6, 6.07) is 2.83. The lowest BCUT2D eigenvalue weighted by atomic mass is 9.96. The topological polar surface area (TPSA) is 29.9 Å². The van der Waals surface area contributed by atoms with E-state index >= 15 is 0 Å². The first kappa shape index (κ1) is 14.3. The highest BCUT2D eigenvalue weighted by Crippen LogP contribution is 2.27. The molecule has 1 heterocycles. The molecule has 4 heteroatoms. The standard InChI is InChI=1S/C14H24IN3/c15-9-4-5-10-16-12-13-8-11-18(17-13)14-6-2-1-3-7-14/h8,11,14,16H,1-7,9-10,12H2. The number of alkyl halides is 1. The van der Waals surface area contributed by atoms with Crippen LogP contribution in [-0.2, 0) is 6.54 Å². The zero-order valence-electron chi connectivity index (χ0n) is 11.1. The minimum absolute atomic E-state index is 0.659. The number of unbranched alkanes of at least 4 members (excludes halogenated alkanes) is 1. The minimum atomic E-state index is 0.659. The zero-order chi connectivity index (χ0) is 12.6. The second-order valence-electron chi connectivity index (χ2n) is 5.15. The highest BCUT2D eigenvalue weighted by molar-refractivity contribution is 14.1. The molecule has 0 saturated heterocycles. The summed E-state index contributed by atoms with van der Waals surface area (Å²) in [6.07, 6.45) is 11.5. The molecule has 1 aromatic rings. The Bertz CT molecular complexity index is 332. The molecule has 0 amide bonds. The largest absolute Gasteiger partial charge is 0.311 e. The van der Waals surface area contributed by atoms with Crippen LogP contribution in [0.1, 0.15) is 56.7 Å². The fourth-order valence-electron chi connectivity index (χ4n) is 2.58. The number of rotatable bonds is 7. The van der Waals surface area contributed by atoms with Crippen LogP contribution in [0.15, 0.2) is 12.3 Å². The van der Waals surface area contributed by atoms with Crippen LogP contribution in [-0.4, -0.2) is 20.8 Å². The molecule has 0 bridgehead atoms. The van der Waals surface area contributed by atoms with E-state index < -0.39 is 0 Å². The lowest BCUT2D eigenvalue weighted by Crippen LogP contribution is -2.17. The lowest BCUT2D eigenvalue weighted by molar-refractivity contribution is 0.327. The maximum Gasteiger partial charge on any atom is 0.0762 e. The van der Waals surface area contributed by atoms with E-state index in [0.29, 0.717) is 6.04 Å². The van der Waals surface area contributed by atoms with Crippen molar-refractivity contribution in [2.24, 2.45) is 0 Å². The monoisotopic (exact) mass is 361 g/mol. The number of hydrogen-bond acceptors (Lipinski definition) is 2. The van der Waals surface area contributed by atoms with E-state index in [0.717, 1.165) is 13.1 Å². The van der Waals surface area contributed by atoms with Gasteiger partial charge in [0.05, 0.1) is 11.7 Å². The summed E-state index contributed by atoms with van der Waals surface area (Å²) in [4.78, 5) is 0. The Kier molecular flexibility index (Phi) is 6.48. The molecular formula is C14H24IN3. The van der Waals surface area contributed by atoms with Crippen LogP contribution in [0.3, 0.4) is 0 Å². The molecule has 1 fully saturated rings. The van der Waals surface area contributed by atoms with Gasteiger partial charge in [-0.1, -0.05) is 41.9 Å². The smallest absolute Gasteiger partial charge is 0.0762 e. The number of halogens is 1. The van der Waals surface area contributed by atoms with Gasteiger partial charge in [0.25, 0.3) is 0 Å². The van der Waals surface area contributed by atoms with Gasteiger partial charge in [-0.25, -0.2) is 0 Å². The molecule has 1 saturated carbocycles. The molecule has 0 spiro atoms. The Morgan fingerprint density at radius 3 is 2.89 bits per heavy atom. The predicted octanol–water partition coefficient (Wildman–Crippen LogP) is 3.69.